The maximum absolute atomic E-state index is 11.6. The van der Waals surface area contributed by atoms with E-state index < -0.39 is 0 Å². The van der Waals surface area contributed by atoms with Gasteiger partial charge >= 0.3 is 0 Å². The summed E-state index contributed by atoms with van der Waals surface area (Å²) in [7, 11) is 0. The zero-order valence-corrected chi connectivity index (χ0v) is 14.4. The van der Waals surface area contributed by atoms with Gasteiger partial charge in [0.05, 0.1) is 0 Å². The molecule has 1 saturated heterocycles. The third-order valence-electron chi connectivity index (χ3n) is 4.64. The number of phenolic OH excluding ortho intramolecular Hbond substituents is 1. The Hall–Kier alpha value is -1.59. The first-order chi connectivity index (χ1) is 10.9. The van der Waals surface area contributed by atoms with Crippen molar-refractivity contribution in [1.29, 1.82) is 0 Å². The molecule has 1 aromatic rings. The van der Waals surface area contributed by atoms with Gasteiger partial charge in [0.15, 0.2) is 0 Å². The number of piperazine rings is 1. The Balaban J connectivity index is 2.46. The van der Waals surface area contributed by atoms with Crippen molar-refractivity contribution in [2.75, 3.05) is 26.2 Å². The Labute approximate surface area is 138 Å². The van der Waals surface area contributed by atoms with Gasteiger partial charge in [-0.3, -0.25) is 9.69 Å². The van der Waals surface area contributed by atoms with Crippen molar-refractivity contribution in [2.24, 2.45) is 5.73 Å². The predicted octanol–water partition coefficient (Wildman–Crippen LogP) is 1.90. The minimum Gasteiger partial charge on any atom is -0.508 e. The Bertz CT molecular complexity index is 551. The van der Waals surface area contributed by atoms with Gasteiger partial charge in [0.1, 0.15) is 5.75 Å². The van der Waals surface area contributed by atoms with Crippen molar-refractivity contribution < 1.29 is 9.90 Å². The maximum Gasteiger partial charge on any atom is 0.219 e. The molecule has 1 amide bonds. The highest BCUT2D eigenvalue weighted by molar-refractivity contribution is 5.74. The van der Waals surface area contributed by atoms with E-state index in [1.165, 1.54) is 0 Å². The molecule has 0 saturated carbocycles. The standard InChI is InChI=1S/C18H29N3O2/c1-4-13-9-17(22)14(12(2)3)10-15(13)16(11-18(19)23)21-7-5-20-6-8-21/h9-10,12,16,20,22H,4-8,11H2,1-3H3,(H2,19,23). The minimum absolute atomic E-state index is 0.0114. The molecular formula is C18H29N3O2. The molecule has 0 aliphatic carbocycles. The first-order valence-electron chi connectivity index (χ1n) is 8.52. The third kappa shape index (κ3) is 4.24. The van der Waals surface area contributed by atoms with Crippen LogP contribution in [0.5, 0.6) is 5.75 Å². The lowest BCUT2D eigenvalue weighted by molar-refractivity contribution is -0.119. The number of nitrogens with two attached hydrogens (primary N) is 1. The molecule has 1 heterocycles. The highest BCUT2D eigenvalue weighted by Gasteiger charge is 2.27. The molecule has 1 fully saturated rings. The molecule has 1 unspecified atom stereocenters. The van der Waals surface area contributed by atoms with Crippen LogP contribution in [0, 0.1) is 0 Å². The summed E-state index contributed by atoms with van der Waals surface area (Å²) in [6.07, 6.45) is 1.14. The van der Waals surface area contributed by atoms with Crippen molar-refractivity contribution in [1.82, 2.24) is 10.2 Å². The van der Waals surface area contributed by atoms with E-state index in [4.69, 9.17) is 5.73 Å². The number of carbonyl (C=O) groups excluding carboxylic acids is 1. The lowest BCUT2D eigenvalue weighted by Gasteiger charge is -2.36. The molecule has 5 nitrogen and oxygen atoms in total. The van der Waals surface area contributed by atoms with Crippen LogP contribution < -0.4 is 11.1 Å². The van der Waals surface area contributed by atoms with Crippen LogP contribution in [0.4, 0.5) is 0 Å². The average Bonchev–Trinajstić information content (AvgIpc) is 2.52. The van der Waals surface area contributed by atoms with Gasteiger partial charge in [0, 0.05) is 38.6 Å². The summed E-state index contributed by atoms with van der Waals surface area (Å²) >= 11 is 0. The Morgan fingerprint density at radius 3 is 2.48 bits per heavy atom. The molecule has 1 aromatic carbocycles. The van der Waals surface area contributed by atoms with Gasteiger partial charge in [0.25, 0.3) is 0 Å². The van der Waals surface area contributed by atoms with E-state index >= 15 is 0 Å². The fraction of sp³-hybridized carbons (Fsp3) is 0.611. The van der Waals surface area contributed by atoms with Gasteiger partial charge in [-0.15, -0.1) is 0 Å². The quantitative estimate of drug-likeness (QED) is 0.748. The largest absolute Gasteiger partial charge is 0.508 e. The summed E-state index contributed by atoms with van der Waals surface area (Å²) in [6, 6.07) is 3.93. The Morgan fingerprint density at radius 2 is 1.96 bits per heavy atom. The van der Waals surface area contributed by atoms with Crippen LogP contribution in [-0.4, -0.2) is 42.1 Å². The summed E-state index contributed by atoms with van der Waals surface area (Å²) in [4.78, 5) is 14.0. The van der Waals surface area contributed by atoms with E-state index in [0.29, 0.717) is 12.2 Å². The van der Waals surface area contributed by atoms with Crippen molar-refractivity contribution in [3.05, 3.63) is 28.8 Å². The Kier molecular flexibility index (Phi) is 6.02. The zero-order chi connectivity index (χ0) is 17.0. The first kappa shape index (κ1) is 17.8. The van der Waals surface area contributed by atoms with Gasteiger partial charge in [-0.05, 0) is 41.2 Å². The summed E-state index contributed by atoms with van der Waals surface area (Å²) < 4.78 is 0. The molecule has 2 rings (SSSR count). The molecule has 5 heteroatoms. The molecule has 0 aromatic heterocycles. The van der Waals surface area contributed by atoms with Crippen LogP contribution in [0.1, 0.15) is 55.8 Å². The van der Waals surface area contributed by atoms with E-state index in [1.54, 1.807) is 0 Å². The molecule has 1 aliphatic heterocycles. The van der Waals surface area contributed by atoms with Gasteiger partial charge in [-0.1, -0.05) is 20.8 Å². The highest BCUT2D eigenvalue weighted by atomic mass is 16.3. The molecule has 128 valence electrons. The van der Waals surface area contributed by atoms with Gasteiger partial charge in [-0.2, -0.15) is 0 Å². The number of nitrogens with one attached hydrogen (secondary N) is 1. The van der Waals surface area contributed by atoms with Crippen LogP contribution in [0.15, 0.2) is 12.1 Å². The average molecular weight is 319 g/mol. The summed E-state index contributed by atoms with van der Waals surface area (Å²) in [6.45, 7) is 9.86. The van der Waals surface area contributed by atoms with Gasteiger partial charge in [-0.25, -0.2) is 0 Å². The van der Waals surface area contributed by atoms with Crippen LogP contribution in [0.3, 0.4) is 0 Å². The third-order valence-corrected chi connectivity index (χ3v) is 4.64. The number of carbonyl (C=O) groups is 1. The first-order valence-corrected chi connectivity index (χ1v) is 8.52. The second-order valence-corrected chi connectivity index (χ2v) is 6.59. The molecule has 0 radical (unpaired) electrons. The van der Waals surface area contributed by atoms with Crippen LogP contribution in [0.2, 0.25) is 0 Å². The number of hydrogen-bond donors (Lipinski definition) is 3. The van der Waals surface area contributed by atoms with Crippen molar-refractivity contribution in [2.45, 2.75) is 45.6 Å². The summed E-state index contributed by atoms with van der Waals surface area (Å²) in [5.41, 5.74) is 8.69. The number of hydrogen-bond acceptors (Lipinski definition) is 4. The van der Waals surface area contributed by atoms with E-state index in [2.05, 4.69) is 37.1 Å². The van der Waals surface area contributed by atoms with Crippen LogP contribution >= 0.6 is 0 Å². The number of nitrogens with zero attached hydrogens (tertiary/aromatic N) is 1. The smallest absolute Gasteiger partial charge is 0.219 e. The molecule has 1 atom stereocenters. The number of aryl methyl sites for hydroxylation is 1. The fourth-order valence-corrected chi connectivity index (χ4v) is 3.36. The van der Waals surface area contributed by atoms with Crippen molar-refractivity contribution in [3.8, 4) is 5.75 Å². The molecule has 1 aliphatic rings. The van der Waals surface area contributed by atoms with Crippen molar-refractivity contribution >= 4 is 5.91 Å². The topological polar surface area (TPSA) is 78.6 Å². The lowest BCUT2D eigenvalue weighted by atomic mass is 9.89. The number of benzene rings is 1. The highest BCUT2D eigenvalue weighted by Crippen LogP contribution is 2.35. The van der Waals surface area contributed by atoms with Gasteiger partial charge < -0.3 is 16.2 Å². The minimum atomic E-state index is -0.283. The second kappa shape index (κ2) is 7.79. The number of phenols is 1. The normalized spacial score (nSPS) is 17.4. The SMILES string of the molecule is CCc1cc(O)c(C(C)C)cc1C(CC(N)=O)N1CCNCC1. The summed E-state index contributed by atoms with van der Waals surface area (Å²) in [5, 5.41) is 13.6. The number of amides is 1. The van der Waals surface area contributed by atoms with E-state index in [9.17, 15) is 9.90 Å². The number of aromatic hydroxyl groups is 1. The maximum atomic E-state index is 11.6. The summed E-state index contributed by atoms with van der Waals surface area (Å²) in [5.74, 6) is 0.297. The molecule has 0 bridgehead atoms. The second-order valence-electron chi connectivity index (χ2n) is 6.59. The van der Waals surface area contributed by atoms with E-state index in [0.717, 1.165) is 49.3 Å². The fourth-order valence-electron chi connectivity index (χ4n) is 3.36. The van der Waals surface area contributed by atoms with Crippen LogP contribution in [-0.2, 0) is 11.2 Å². The molecular weight excluding hydrogens is 290 g/mol. The van der Waals surface area contributed by atoms with Crippen LogP contribution in [0.25, 0.3) is 0 Å². The molecule has 0 spiro atoms. The van der Waals surface area contributed by atoms with E-state index in [1.807, 2.05) is 6.07 Å². The van der Waals surface area contributed by atoms with Crippen molar-refractivity contribution in [3.63, 3.8) is 0 Å². The molecule has 23 heavy (non-hydrogen) atoms. The zero-order valence-electron chi connectivity index (χ0n) is 14.4. The van der Waals surface area contributed by atoms with Gasteiger partial charge in [0.2, 0.25) is 5.91 Å². The number of rotatable bonds is 6. The monoisotopic (exact) mass is 319 g/mol. The molecule has 4 N–H and O–H groups in total. The lowest BCUT2D eigenvalue weighted by Crippen LogP contribution is -2.46. The number of primary amides is 1. The Morgan fingerprint density at radius 1 is 1.30 bits per heavy atom. The predicted molar refractivity (Wildman–Crippen MR) is 92.6 cm³/mol. The van der Waals surface area contributed by atoms with E-state index in [-0.39, 0.29) is 17.9 Å².